The van der Waals surface area contributed by atoms with Gasteiger partial charge in [-0.05, 0) is 38.5 Å². The zero-order chi connectivity index (χ0) is 20.7. The SMILES string of the molecule is C#CCN(CC(=O)Nc1cccc(C(=O)N(CC)CC)c1)C1CCS(=O)(=O)C1. The van der Waals surface area contributed by atoms with Crippen LogP contribution in [0.3, 0.4) is 0 Å². The number of rotatable bonds is 8. The second-order valence-corrected chi connectivity index (χ2v) is 9.00. The van der Waals surface area contributed by atoms with Crippen LogP contribution in [0, 0.1) is 12.3 Å². The molecule has 0 saturated carbocycles. The number of amides is 2. The Labute approximate surface area is 167 Å². The normalized spacial score (nSPS) is 17.9. The number of hydrogen-bond acceptors (Lipinski definition) is 5. The quantitative estimate of drug-likeness (QED) is 0.658. The molecule has 28 heavy (non-hydrogen) atoms. The van der Waals surface area contributed by atoms with E-state index in [0.717, 1.165) is 0 Å². The molecule has 152 valence electrons. The van der Waals surface area contributed by atoms with Crippen molar-refractivity contribution in [2.75, 3.05) is 43.0 Å². The summed E-state index contributed by atoms with van der Waals surface area (Å²) < 4.78 is 23.4. The summed E-state index contributed by atoms with van der Waals surface area (Å²) in [5, 5.41) is 2.78. The minimum atomic E-state index is -3.07. The lowest BCUT2D eigenvalue weighted by atomic mass is 10.1. The molecular weight excluding hydrogens is 378 g/mol. The Bertz CT molecular complexity index is 856. The molecule has 1 aliphatic rings. The van der Waals surface area contributed by atoms with Crippen molar-refractivity contribution in [1.82, 2.24) is 9.80 Å². The highest BCUT2D eigenvalue weighted by Crippen LogP contribution is 2.18. The van der Waals surface area contributed by atoms with E-state index >= 15 is 0 Å². The highest BCUT2D eigenvalue weighted by atomic mass is 32.2. The number of nitrogens with one attached hydrogen (secondary N) is 1. The number of anilines is 1. The predicted molar refractivity (Wildman–Crippen MR) is 110 cm³/mol. The van der Waals surface area contributed by atoms with Gasteiger partial charge in [-0.15, -0.1) is 6.42 Å². The fourth-order valence-electron chi connectivity index (χ4n) is 3.30. The van der Waals surface area contributed by atoms with Crippen molar-refractivity contribution in [2.24, 2.45) is 0 Å². The molecule has 0 aliphatic carbocycles. The first-order chi connectivity index (χ1) is 13.3. The Kier molecular flexibility index (Phi) is 7.61. The van der Waals surface area contributed by atoms with Crippen LogP contribution in [0.25, 0.3) is 0 Å². The van der Waals surface area contributed by atoms with Gasteiger partial charge in [0.25, 0.3) is 5.91 Å². The molecule has 1 aliphatic heterocycles. The van der Waals surface area contributed by atoms with Crippen LogP contribution < -0.4 is 5.32 Å². The fraction of sp³-hybridized carbons (Fsp3) is 0.500. The maximum absolute atomic E-state index is 12.5. The summed E-state index contributed by atoms with van der Waals surface area (Å²) in [5.74, 6) is 2.25. The van der Waals surface area contributed by atoms with E-state index in [-0.39, 0.29) is 42.5 Å². The molecule has 1 aromatic rings. The second kappa shape index (κ2) is 9.71. The van der Waals surface area contributed by atoms with Crippen LogP contribution in [-0.4, -0.2) is 73.8 Å². The second-order valence-electron chi connectivity index (χ2n) is 6.77. The number of nitrogens with zero attached hydrogens (tertiary/aromatic N) is 2. The molecule has 7 nitrogen and oxygen atoms in total. The topological polar surface area (TPSA) is 86.8 Å². The Morgan fingerprint density at radius 1 is 1.29 bits per heavy atom. The minimum absolute atomic E-state index is 0.00138. The zero-order valence-electron chi connectivity index (χ0n) is 16.3. The lowest BCUT2D eigenvalue weighted by Crippen LogP contribution is -2.41. The third-order valence-corrected chi connectivity index (χ3v) is 6.56. The third kappa shape index (κ3) is 5.81. The van der Waals surface area contributed by atoms with Gasteiger partial charge in [0.15, 0.2) is 9.84 Å². The Morgan fingerprint density at radius 3 is 2.57 bits per heavy atom. The molecular formula is C20H27N3O4S. The van der Waals surface area contributed by atoms with Crippen LogP contribution in [0.1, 0.15) is 30.6 Å². The molecule has 1 aromatic carbocycles. The van der Waals surface area contributed by atoms with Gasteiger partial charge in [0.1, 0.15) is 0 Å². The summed E-state index contributed by atoms with van der Waals surface area (Å²) in [4.78, 5) is 28.4. The minimum Gasteiger partial charge on any atom is -0.339 e. The fourth-order valence-corrected chi connectivity index (χ4v) is 5.06. The molecule has 0 aromatic heterocycles. The molecule has 0 bridgehead atoms. The van der Waals surface area contributed by atoms with Crippen molar-refractivity contribution in [3.8, 4) is 12.3 Å². The smallest absolute Gasteiger partial charge is 0.253 e. The van der Waals surface area contributed by atoms with Crippen LogP contribution in [0.5, 0.6) is 0 Å². The summed E-state index contributed by atoms with van der Waals surface area (Å²) in [6.07, 6.45) is 5.86. The summed E-state index contributed by atoms with van der Waals surface area (Å²) >= 11 is 0. The number of hydrogen-bond donors (Lipinski definition) is 1. The van der Waals surface area contributed by atoms with Crippen molar-refractivity contribution < 1.29 is 18.0 Å². The van der Waals surface area contributed by atoms with E-state index in [1.807, 2.05) is 13.8 Å². The van der Waals surface area contributed by atoms with E-state index in [9.17, 15) is 18.0 Å². The number of terminal acetylenes is 1. The van der Waals surface area contributed by atoms with E-state index in [2.05, 4.69) is 11.2 Å². The van der Waals surface area contributed by atoms with Gasteiger partial charge in [-0.25, -0.2) is 8.42 Å². The van der Waals surface area contributed by atoms with Crippen LogP contribution in [0.15, 0.2) is 24.3 Å². The molecule has 0 spiro atoms. The van der Waals surface area contributed by atoms with Gasteiger partial charge in [-0.1, -0.05) is 12.0 Å². The van der Waals surface area contributed by atoms with Gasteiger partial charge in [-0.3, -0.25) is 14.5 Å². The van der Waals surface area contributed by atoms with E-state index in [1.165, 1.54) is 0 Å². The number of carbonyl (C=O) groups is 2. The van der Waals surface area contributed by atoms with Crippen molar-refractivity contribution in [1.29, 1.82) is 0 Å². The van der Waals surface area contributed by atoms with Gasteiger partial charge < -0.3 is 10.2 Å². The largest absolute Gasteiger partial charge is 0.339 e. The maximum atomic E-state index is 12.5. The molecule has 1 heterocycles. The van der Waals surface area contributed by atoms with E-state index < -0.39 is 9.84 Å². The van der Waals surface area contributed by atoms with Gasteiger partial charge in [0, 0.05) is 30.4 Å². The molecule has 8 heteroatoms. The Morgan fingerprint density at radius 2 is 2.00 bits per heavy atom. The van der Waals surface area contributed by atoms with E-state index in [1.54, 1.807) is 34.1 Å². The van der Waals surface area contributed by atoms with Crippen molar-refractivity contribution >= 4 is 27.3 Å². The van der Waals surface area contributed by atoms with Gasteiger partial charge in [-0.2, -0.15) is 0 Å². The highest BCUT2D eigenvalue weighted by Gasteiger charge is 2.32. The van der Waals surface area contributed by atoms with Gasteiger partial charge >= 0.3 is 0 Å². The Balaban J connectivity index is 2.04. The van der Waals surface area contributed by atoms with Crippen LogP contribution in [-0.2, 0) is 14.6 Å². The van der Waals surface area contributed by atoms with Crippen LogP contribution in [0.4, 0.5) is 5.69 Å². The molecule has 1 N–H and O–H groups in total. The summed E-state index contributed by atoms with van der Waals surface area (Å²) in [5.41, 5.74) is 1.02. The first-order valence-corrected chi connectivity index (χ1v) is 11.2. The molecule has 2 rings (SSSR count). The Hall–Kier alpha value is -2.37. The first-order valence-electron chi connectivity index (χ1n) is 9.36. The number of sulfone groups is 1. The average molecular weight is 406 g/mol. The van der Waals surface area contributed by atoms with Crippen molar-refractivity contribution in [3.63, 3.8) is 0 Å². The van der Waals surface area contributed by atoms with Crippen LogP contribution in [0.2, 0.25) is 0 Å². The molecule has 2 amide bonds. The molecule has 1 atom stereocenters. The monoisotopic (exact) mass is 405 g/mol. The van der Waals surface area contributed by atoms with Crippen molar-refractivity contribution in [2.45, 2.75) is 26.3 Å². The maximum Gasteiger partial charge on any atom is 0.253 e. The summed E-state index contributed by atoms with van der Waals surface area (Å²) in [7, 11) is -3.07. The number of benzene rings is 1. The van der Waals surface area contributed by atoms with Crippen LogP contribution >= 0.6 is 0 Å². The molecule has 1 unspecified atom stereocenters. The first kappa shape index (κ1) is 21.9. The standard InChI is InChI=1S/C20H27N3O4S/c1-4-11-23(18-10-12-28(26,27)15-18)14-19(24)21-17-9-7-8-16(13-17)20(25)22(5-2)6-3/h1,7-9,13,18H,5-6,10-12,14-15H2,2-3H3,(H,21,24). The lowest BCUT2D eigenvalue weighted by molar-refractivity contribution is -0.117. The summed E-state index contributed by atoms with van der Waals surface area (Å²) in [6, 6.07) is 6.54. The average Bonchev–Trinajstić information content (AvgIpc) is 3.02. The zero-order valence-corrected chi connectivity index (χ0v) is 17.2. The van der Waals surface area contributed by atoms with Gasteiger partial charge in [0.05, 0.1) is 24.6 Å². The lowest BCUT2D eigenvalue weighted by Gasteiger charge is -2.25. The van der Waals surface area contributed by atoms with E-state index in [4.69, 9.17) is 6.42 Å². The molecule has 1 saturated heterocycles. The third-order valence-electron chi connectivity index (χ3n) is 4.81. The number of carbonyl (C=O) groups excluding carboxylic acids is 2. The van der Waals surface area contributed by atoms with Crippen molar-refractivity contribution in [3.05, 3.63) is 29.8 Å². The van der Waals surface area contributed by atoms with Gasteiger partial charge in [0.2, 0.25) is 5.91 Å². The molecule has 1 fully saturated rings. The van der Waals surface area contributed by atoms with E-state index in [0.29, 0.717) is 30.8 Å². The molecule has 0 radical (unpaired) electrons. The summed E-state index contributed by atoms with van der Waals surface area (Å²) in [6.45, 7) is 5.24. The predicted octanol–water partition coefficient (Wildman–Crippen LogP) is 1.23. The highest BCUT2D eigenvalue weighted by molar-refractivity contribution is 7.91.